The molecular formula is C4H10N2O10Zn3. The number of carboxylic acids is 2. The van der Waals surface area contributed by atoms with E-state index in [4.69, 9.17) is 50.4 Å². The van der Waals surface area contributed by atoms with Crippen LogP contribution in [-0.4, -0.2) is 42.7 Å². The van der Waals surface area contributed by atoms with E-state index in [0.717, 1.165) is 13.8 Å². The van der Waals surface area contributed by atoms with Crippen LogP contribution in [0.3, 0.4) is 0 Å². The number of aliphatic carboxylic acids is 2. The van der Waals surface area contributed by atoms with E-state index in [9.17, 15) is 0 Å². The Morgan fingerprint density at radius 3 is 0.789 bits per heavy atom. The monoisotopic (exact) mass is 438 g/mol. The van der Waals surface area contributed by atoms with E-state index in [2.05, 4.69) is 0 Å². The van der Waals surface area contributed by atoms with Gasteiger partial charge in [-0.1, -0.05) is 0 Å². The fourth-order valence-electron chi connectivity index (χ4n) is 0. The van der Waals surface area contributed by atoms with E-state index in [1.807, 2.05) is 0 Å². The van der Waals surface area contributed by atoms with Gasteiger partial charge in [0.2, 0.25) is 0 Å². The summed E-state index contributed by atoms with van der Waals surface area (Å²) in [6.45, 7) is 2.17. The molecule has 0 rings (SSSR count). The smallest absolute Gasteiger partial charge is 0.300 e. The van der Waals surface area contributed by atoms with Crippen molar-refractivity contribution in [1.29, 1.82) is 0 Å². The van der Waals surface area contributed by atoms with Crippen LogP contribution in [0.5, 0.6) is 0 Å². The molecule has 0 aromatic heterocycles. The molecule has 0 unspecified atom stereocenters. The third-order valence-electron chi connectivity index (χ3n) is 0. The van der Waals surface area contributed by atoms with Crippen LogP contribution in [0.15, 0.2) is 0 Å². The van der Waals surface area contributed by atoms with E-state index in [1.54, 1.807) is 0 Å². The third-order valence-corrected chi connectivity index (χ3v) is 0. The molecule has 102 valence electrons. The van der Waals surface area contributed by atoms with Gasteiger partial charge in [0.05, 0.1) is 0 Å². The van der Waals surface area contributed by atoms with Crippen molar-refractivity contribution in [3.63, 3.8) is 0 Å². The molecule has 15 heteroatoms. The zero-order valence-corrected chi connectivity index (χ0v) is 19.2. The molecule has 0 aromatic rings. The van der Waals surface area contributed by atoms with Gasteiger partial charge in [0.25, 0.3) is 22.1 Å². The Bertz CT molecular complexity index is 173. The maximum Gasteiger partial charge on any atom is 0.300 e. The molecule has 0 amide bonds. The van der Waals surface area contributed by atoms with Gasteiger partial charge in [0.1, 0.15) is 0 Å². The van der Waals surface area contributed by atoms with Crippen LogP contribution in [0, 0.1) is 20.2 Å². The first-order valence-corrected chi connectivity index (χ1v) is 2.99. The standard InChI is InChI=1S/2C2H4O2.2HNO3.3Zn/c2*1-2(3)4;2*2-1(3)4;;;/h2*1H3,(H,3,4);2*(H,2,3,4);;;. The van der Waals surface area contributed by atoms with Gasteiger partial charge in [-0.2, -0.15) is 0 Å². The number of carbonyl (C=O) groups is 2. The Morgan fingerprint density at radius 1 is 0.789 bits per heavy atom. The zero-order valence-electron chi connectivity index (χ0n) is 10.3. The van der Waals surface area contributed by atoms with E-state index < -0.39 is 22.1 Å². The summed E-state index contributed by atoms with van der Waals surface area (Å²) in [7, 11) is 0. The second-order valence-corrected chi connectivity index (χ2v) is 1.51. The predicted octanol–water partition coefficient (Wildman–Crippen LogP) is -0.521. The van der Waals surface area contributed by atoms with E-state index >= 15 is 0 Å². The van der Waals surface area contributed by atoms with Gasteiger partial charge in [-0.05, 0) is 0 Å². The van der Waals surface area contributed by atoms with Crippen LogP contribution in [0.1, 0.15) is 13.8 Å². The minimum atomic E-state index is -1.50. The van der Waals surface area contributed by atoms with Crippen molar-refractivity contribution in [1.82, 2.24) is 0 Å². The summed E-state index contributed by atoms with van der Waals surface area (Å²) in [6, 6.07) is 0. The number of carboxylic acid groups (broad SMARTS) is 2. The van der Waals surface area contributed by atoms with Crippen molar-refractivity contribution in [2.45, 2.75) is 13.8 Å². The van der Waals surface area contributed by atoms with Crippen LogP contribution in [0.25, 0.3) is 0 Å². The molecule has 0 heterocycles. The van der Waals surface area contributed by atoms with Crippen LogP contribution in [-0.2, 0) is 68.0 Å². The molecule has 0 spiro atoms. The van der Waals surface area contributed by atoms with Gasteiger partial charge >= 0.3 is 0 Å². The summed E-state index contributed by atoms with van der Waals surface area (Å²) in [5.74, 6) is -1.67. The minimum absolute atomic E-state index is 0. The summed E-state index contributed by atoms with van der Waals surface area (Å²) < 4.78 is 0. The molecule has 0 saturated heterocycles. The van der Waals surface area contributed by atoms with Gasteiger partial charge in [0, 0.05) is 72.3 Å². The first-order chi connectivity index (χ1) is 6.93. The SMILES string of the molecule is CC(=O)O.CC(=O)O.O=[N+]([O-])O.O=[N+]([O-])O.[Zn].[Zn].[Zn]. The molecule has 0 fully saturated rings. The van der Waals surface area contributed by atoms with Crippen molar-refractivity contribution >= 4 is 11.9 Å². The minimum Gasteiger partial charge on any atom is -0.481 e. The second kappa shape index (κ2) is 36.0. The molecule has 0 aliphatic rings. The van der Waals surface area contributed by atoms with Crippen LogP contribution < -0.4 is 0 Å². The van der Waals surface area contributed by atoms with E-state index in [1.165, 1.54) is 0 Å². The Balaban J connectivity index is -0.0000000192. The molecule has 0 saturated carbocycles. The molecule has 19 heavy (non-hydrogen) atoms. The summed E-state index contributed by atoms with van der Waals surface area (Å²) in [5.41, 5.74) is 0. The number of nitrogens with zero attached hydrogens (tertiary/aromatic N) is 2. The summed E-state index contributed by atoms with van der Waals surface area (Å²) in [4.78, 5) is 34.7. The first kappa shape index (κ1) is 42.9. The van der Waals surface area contributed by atoms with E-state index in [-0.39, 0.29) is 58.4 Å². The van der Waals surface area contributed by atoms with E-state index in [0.29, 0.717) is 0 Å². The summed E-state index contributed by atoms with van der Waals surface area (Å²) >= 11 is 0. The molecule has 0 aromatic carbocycles. The molecule has 0 aliphatic heterocycles. The predicted molar refractivity (Wildman–Crippen MR) is 44.2 cm³/mol. The Hall–Kier alpha value is -0.790. The van der Waals surface area contributed by atoms with Gasteiger partial charge in [-0.25, -0.2) is 0 Å². The molecule has 4 N–H and O–H groups in total. The van der Waals surface area contributed by atoms with Crippen LogP contribution in [0.2, 0.25) is 0 Å². The van der Waals surface area contributed by atoms with Crippen LogP contribution >= 0.6 is 0 Å². The quantitative estimate of drug-likeness (QED) is 0.215. The first-order valence-electron chi connectivity index (χ1n) is 2.99. The maximum absolute atomic E-state index is 9.00. The third kappa shape index (κ3) is 6380. The fraction of sp³-hybridized carbons (Fsp3) is 0.500. The average molecular weight is 442 g/mol. The molecule has 0 atom stereocenters. The Morgan fingerprint density at radius 2 is 0.789 bits per heavy atom. The van der Waals surface area contributed by atoms with Crippen molar-refractivity contribution in [3.8, 4) is 0 Å². The van der Waals surface area contributed by atoms with Crippen molar-refractivity contribution in [2.24, 2.45) is 0 Å². The number of rotatable bonds is 0. The molecule has 0 radical (unpaired) electrons. The normalized spacial score (nSPS) is 5.16. The summed E-state index contributed by atoms with van der Waals surface area (Å²) in [5, 5.41) is 42.1. The molecule has 12 nitrogen and oxygen atoms in total. The fourth-order valence-corrected chi connectivity index (χ4v) is 0. The molecule has 0 aliphatic carbocycles. The number of hydrogen-bond acceptors (Lipinski definition) is 6. The number of hydrogen-bond donors (Lipinski definition) is 4. The second-order valence-electron chi connectivity index (χ2n) is 1.51. The van der Waals surface area contributed by atoms with Crippen LogP contribution in [0.4, 0.5) is 0 Å². The maximum atomic E-state index is 9.00. The topological polar surface area (TPSA) is 201 Å². The Labute approximate surface area is 144 Å². The van der Waals surface area contributed by atoms with Crippen molar-refractivity contribution < 1.29 is 98.8 Å². The molecular weight excluding hydrogens is 432 g/mol. The van der Waals surface area contributed by atoms with Crippen molar-refractivity contribution in [3.05, 3.63) is 20.2 Å². The van der Waals surface area contributed by atoms with Gasteiger partial charge in [-0.3, -0.25) is 9.59 Å². The zero-order chi connectivity index (χ0) is 14.3. The van der Waals surface area contributed by atoms with Crippen molar-refractivity contribution in [2.75, 3.05) is 0 Å². The molecule has 0 bridgehead atoms. The average Bonchev–Trinajstić information content (AvgIpc) is 1.76. The summed E-state index contributed by atoms with van der Waals surface area (Å²) in [6.07, 6.45) is 0. The van der Waals surface area contributed by atoms with Gasteiger partial charge in [-0.15, -0.1) is 20.2 Å². The van der Waals surface area contributed by atoms with Gasteiger partial charge < -0.3 is 20.6 Å². The largest absolute Gasteiger partial charge is 0.481 e. The van der Waals surface area contributed by atoms with Gasteiger partial charge in [0.15, 0.2) is 0 Å². The Kier molecular flexibility index (Phi) is 81.3.